The van der Waals surface area contributed by atoms with Crippen LogP contribution in [-0.4, -0.2) is 33.2 Å². The zero-order valence-corrected chi connectivity index (χ0v) is 9.77. The van der Waals surface area contributed by atoms with E-state index in [0.29, 0.717) is 0 Å². The molecule has 0 unspecified atom stereocenters. The Balaban J connectivity index is 2.45. The molecule has 0 atom stereocenters. The van der Waals surface area contributed by atoms with Gasteiger partial charge < -0.3 is 14.9 Å². The number of hydrogen-bond donors (Lipinski definition) is 2. The lowest BCUT2D eigenvalue weighted by Crippen LogP contribution is -2.31. The van der Waals surface area contributed by atoms with Crippen molar-refractivity contribution >= 4 is 11.9 Å². The van der Waals surface area contributed by atoms with E-state index in [1.807, 2.05) is 13.8 Å². The number of aliphatic carboxylic acids is 1. The lowest BCUT2D eigenvalue weighted by atomic mass is 10.3. The third-order valence-corrected chi connectivity index (χ3v) is 1.83. The number of nitrogens with zero attached hydrogens (tertiary/aromatic N) is 2. The molecule has 0 bridgehead atoms. The molecule has 1 heterocycles. The Morgan fingerprint density at radius 2 is 2.18 bits per heavy atom. The summed E-state index contributed by atoms with van der Waals surface area (Å²) in [6, 6.07) is 0.0564. The molecule has 0 saturated heterocycles. The van der Waals surface area contributed by atoms with Crippen molar-refractivity contribution in [3.05, 3.63) is 11.7 Å². The molecule has 1 amide bonds. The smallest absolute Gasteiger partial charge is 0.303 e. The van der Waals surface area contributed by atoms with E-state index in [0.717, 1.165) is 0 Å². The van der Waals surface area contributed by atoms with Gasteiger partial charge in [0.1, 0.15) is 0 Å². The number of rotatable bonds is 6. The van der Waals surface area contributed by atoms with Gasteiger partial charge in [-0.3, -0.25) is 9.59 Å². The Morgan fingerprint density at radius 3 is 2.76 bits per heavy atom. The maximum atomic E-state index is 11.4. The minimum absolute atomic E-state index is 0.0365. The summed E-state index contributed by atoms with van der Waals surface area (Å²) < 4.78 is 4.82. The van der Waals surface area contributed by atoms with Gasteiger partial charge in [0.25, 0.3) is 0 Å². The molecule has 2 N–H and O–H groups in total. The van der Waals surface area contributed by atoms with Crippen LogP contribution in [0.2, 0.25) is 0 Å². The molecule has 0 radical (unpaired) electrons. The zero-order valence-electron chi connectivity index (χ0n) is 9.77. The number of carboxylic acid groups (broad SMARTS) is 1. The van der Waals surface area contributed by atoms with Crippen LogP contribution in [0, 0.1) is 0 Å². The summed E-state index contributed by atoms with van der Waals surface area (Å²) >= 11 is 0. The largest absolute Gasteiger partial charge is 0.481 e. The van der Waals surface area contributed by atoms with Crippen LogP contribution in [0.1, 0.15) is 32.0 Å². The molecule has 94 valence electrons. The number of carboxylic acids is 1. The average molecular weight is 241 g/mol. The lowest BCUT2D eigenvalue weighted by Gasteiger charge is -2.05. The second-order valence-electron chi connectivity index (χ2n) is 3.90. The number of amides is 1. The van der Waals surface area contributed by atoms with Crippen molar-refractivity contribution in [1.82, 2.24) is 15.5 Å². The maximum absolute atomic E-state index is 11.4. The predicted molar refractivity (Wildman–Crippen MR) is 57.2 cm³/mol. The van der Waals surface area contributed by atoms with Gasteiger partial charge in [-0.2, -0.15) is 4.98 Å². The van der Waals surface area contributed by atoms with E-state index in [1.165, 1.54) is 0 Å². The van der Waals surface area contributed by atoms with Crippen LogP contribution >= 0.6 is 0 Å². The van der Waals surface area contributed by atoms with Crippen LogP contribution in [0.25, 0.3) is 0 Å². The topological polar surface area (TPSA) is 105 Å². The van der Waals surface area contributed by atoms with Crippen molar-refractivity contribution < 1.29 is 19.2 Å². The summed E-state index contributed by atoms with van der Waals surface area (Å²) in [7, 11) is 0. The van der Waals surface area contributed by atoms with Gasteiger partial charge in [-0.15, -0.1) is 0 Å². The molecule has 7 nitrogen and oxygen atoms in total. The van der Waals surface area contributed by atoms with E-state index in [4.69, 9.17) is 9.63 Å². The first-order valence-corrected chi connectivity index (χ1v) is 5.30. The molecule has 0 fully saturated rings. The van der Waals surface area contributed by atoms with Crippen molar-refractivity contribution in [3.63, 3.8) is 0 Å². The SMILES string of the molecule is CC(C)NC(=O)Cc1noc(CCC(=O)O)n1. The first-order chi connectivity index (χ1) is 7.97. The van der Waals surface area contributed by atoms with E-state index in [9.17, 15) is 9.59 Å². The summed E-state index contributed by atoms with van der Waals surface area (Å²) in [6.45, 7) is 3.71. The molecule has 0 aliphatic carbocycles. The normalized spacial score (nSPS) is 10.5. The first-order valence-electron chi connectivity index (χ1n) is 5.30. The molecule has 1 aromatic rings. The zero-order chi connectivity index (χ0) is 12.8. The van der Waals surface area contributed by atoms with Gasteiger partial charge in [-0.25, -0.2) is 0 Å². The minimum Gasteiger partial charge on any atom is -0.481 e. The number of nitrogens with one attached hydrogen (secondary N) is 1. The summed E-state index contributed by atoms with van der Waals surface area (Å²) in [5.74, 6) is -0.615. The van der Waals surface area contributed by atoms with Gasteiger partial charge in [0.2, 0.25) is 11.8 Å². The molecule has 1 rings (SSSR count). The summed E-state index contributed by atoms with van der Waals surface area (Å²) in [5, 5.41) is 14.8. The van der Waals surface area contributed by atoms with E-state index in [2.05, 4.69) is 15.5 Å². The minimum atomic E-state index is -0.928. The Bertz CT molecular complexity index is 400. The second-order valence-corrected chi connectivity index (χ2v) is 3.90. The third-order valence-electron chi connectivity index (χ3n) is 1.83. The van der Waals surface area contributed by atoms with Crippen LogP contribution in [0.4, 0.5) is 0 Å². The molecule has 1 aromatic heterocycles. The summed E-state index contributed by atoms with van der Waals surface area (Å²) in [5.41, 5.74) is 0. The van der Waals surface area contributed by atoms with E-state index in [1.54, 1.807) is 0 Å². The maximum Gasteiger partial charge on any atom is 0.303 e. The van der Waals surface area contributed by atoms with Gasteiger partial charge >= 0.3 is 5.97 Å². The molecule has 0 spiro atoms. The molecule has 0 aliphatic rings. The number of aromatic nitrogens is 2. The Kier molecular flexibility index (Phi) is 4.62. The van der Waals surface area contributed by atoms with Crippen molar-refractivity contribution in [3.8, 4) is 0 Å². The van der Waals surface area contributed by atoms with Crippen LogP contribution < -0.4 is 5.32 Å². The van der Waals surface area contributed by atoms with Crippen molar-refractivity contribution in [2.45, 2.75) is 39.2 Å². The monoisotopic (exact) mass is 241 g/mol. The Hall–Kier alpha value is -1.92. The average Bonchev–Trinajstić information content (AvgIpc) is 2.61. The number of carbonyl (C=O) groups excluding carboxylic acids is 1. The quantitative estimate of drug-likeness (QED) is 0.734. The number of aryl methyl sites for hydroxylation is 1. The highest BCUT2D eigenvalue weighted by Crippen LogP contribution is 2.01. The standard InChI is InChI=1S/C10H15N3O4/c1-6(2)11-8(14)5-7-12-9(17-13-7)3-4-10(15)16/h6H,3-5H2,1-2H3,(H,11,14)(H,15,16). The highest BCUT2D eigenvalue weighted by molar-refractivity contribution is 5.77. The molecule has 17 heavy (non-hydrogen) atoms. The van der Waals surface area contributed by atoms with Crippen LogP contribution in [0.15, 0.2) is 4.52 Å². The van der Waals surface area contributed by atoms with Crippen LogP contribution in [0.3, 0.4) is 0 Å². The number of carbonyl (C=O) groups is 2. The fraction of sp³-hybridized carbons (Fsp3) is 0.600. The summed E-state index contributed by atoms with van der Waals surface area (Å²) in [4.78, 5) is 25.6. The molecule has 0 aromatic carbocycles. The lowest BCUT2D eigenvalue weighted by molar-refractivity contribution is -0.137. The molecule has 0 saturated carbocycles. The van der Waals surface area contributed by atoms with Gasteiger partial charge in [-0.1, -0.05) is 5.16 Å². The highest BCUT2D eigenvalue weighted by atomic mass is 16.5. The fourth-order valence-corrected chi connectivity index (χ4v) is 1.19. The molecular weight excluding hydrogens is 226 g/mol. The van der Waals surface area contributed by atoms with Crippen molar-refractivity contribution in [1.29, 1.82) is 0 Å². The summed E-state index contributed by atoms with van der Waals surface area (Å²) in [6.07, 6.45) is 0.142. The van der Waals surface area contributed by atoms with Gasteiger partial charge in [0.05, 0.1) is 12.8 Å². The van der Waals surface area contributed by atoms with Crippen molar-refractivity contribution in [2.75, 3.05) is 0 Å². The van der Waals surface area contributed by atoms with Crippen molar-refractivity contribution in [2.24, 2.45) is 0 Å². The Morgan fingerprint density at radius 1 is 1.47 bits per heavy atom. The molecular formula is C10H15N3O4. The van der Waals surface area contributed by atoms with Gasteiger partial charge in [0, 0.05) is 12.5 Å². The first kappa shape index (κ1) is 13.1. The molecule has 7 heteroatoms. The van der Waals surface area contributed by atoms with Crippen LogP contribution in [-0.2, 0) is 22.4 Å². The van der Waals surface area contributed by atoms with E-state index in [-0.39, 0.29) is 42.9 Å². The molecule has 0 aliphatic heterocycles. The third kappa shape index (κ3) is 5.10. The van der Waals surface area contributed by atoms with Gasteiger partial charge in [-0.05, 0) is 13.8 Å². The Labute approximate surface area is 98.2 Å². The van der Waals surface area contributed by atoms with Crippen LogP contribution in [0.5, 0.6) is 0 Å². The van der Waals surface area contributed by atoms with E-state index < -0.39 is 5.97 Å². The predicted octanol–water partition coefficient (Wildman–Crippen LogP) is 0.154. The fourth-order valence-electron chi connectivity index (χ4n) is 1.19. The van der Waals surface area contributed by atoms with E-state index >= 15 is 0 Å². The van der Waals surface area contributed by atoms with Gasteiger partial charge in [0.15, 0.2) is 5.82 Å². The number of hydrogen-bond acceptors (Lipinski definition) is 5. The highest BCUT2D eigenvalue weighted by Gasteiger charge is 2.12. The second kappa shape index (κ2) is 5.97.